The van der Waals surface area contributed by atoms with Crippen LogP contribution in [-0.2, 0) is 6.42 Å². The van der Waals surface area contributed by atoms with Gasteiger partial charge in [0, 0.05) is 30.0 Å². The number of thiophene rings is 1. The van der Waals surface area contributed by atoms with E-state index in [1.165, 1.54) is 23.5 Å². The Hall–Kier alpha value is -2.54. The van der Waals surface area contributed by atoms with Crippen LogP contribution >= 0.6 is 11.3 Å². The number of hydrogen-bond acceptors (Lipinski definition) is 5. The van der Waals surface area contributed by atoms with Gasteiger partial charge in [0.2, 0.25) is 0 Å². The summed E-state index contributed by atoms with van der Waals surface area (Å²) in [6.07, 6.45) is 1.59. The van der Waals surface area contributed by atoms with Crippen molar-refractivity contribution in [3.63, 3.8) is 0 Å². The second-order valence-electron chi connectivity index (χ2n) is 6.54. The van der Waals surface area contributed by atoms with E-state index in [2.05, 4.69) is 10.1 Å². The zero-order valence-electron chi connectivity index (χ0n) is 14.3. The smallest absolute Gasteiger partial charge is 0.263 e. The first-order valence-electron chi connectivity index (χ1n) is 8.53. The largest absolute Gasteiger partial charge is 0.338 e. The van der Waals surface area contributed by atoms with E-state index in [0.29, 0.717) is 36.2 Å². The van der Waals surface area contributed by atoms with Crippen molar-refractivity contribution in [1.82, 2.24) is 15.0 Å². The van der Waals surface area contributed by atoms with E-state index in [9.17, 15) is 9.18 Å². The fourth-order valence-electron chi connectivity index (χ4n) is 3.19. The lowest BCUT2D eigenvalue weighted by Crippen LogP contribution is -2.28. The lowest BCUT2D eigenvalue weighted by Gasteiger charge is -2.15. The Morgan fingerprint density at radius 1 is 1.31 bits per heavy atom. The molecule has 0 N–H and O–H groups in total. The molecule has 0 aliphatic carbocycles. The van der Waals surface area contributed by atoms with Crippen molar-refractivity contribution in [3.05, 3.63) is 57.8 Å². The molecule has 1 unspecified atom stereocenters. The fourth-order valence-corrected chi connectivity index (χ4v) is 4.03. The maximum Gasteiger partial charge on any atom is 0.263 e. The van der Waals surface area contributed by atoms with Crippen LogP contribution in [0.5, 0.6) is 0 Å². The average molecular weight is 371 g/mol. The van der Waals surface area contributed by atoms with Crippen LogP contribution < -0.4 is 0 Å². The molecule has 1 amide bonds. The van der Waals surface area contributed by atoms with Crippen molar-refractivity contribution < 1.29 is 13.7 Å². The summed E-state index contributed by atoms with van der Waals surface area (Å²) in [7, 11) is 0. The van der Waals surface area contributed by atoms with Crippen molar-refractivity contribution in [2.45, 2.75) is 19.8 Å². The summed E-state index contributed by atoms with van der Waals surface area (Å²) in [5.41, 5.74) is 0.696. The average Bonchev–Trinajstić information content (AvgIpc) is 3.37. The van der Waals surface area contributed by atoms with Gasteiger partial charge in [-0.2, -0.15) is 4.98 Å². The van der Waals surface area contributed by atoms with Crippen LogP contribution in [0, 0.1) is 18.7 Å². The minimum absolute atomic E-state index is 0.103. The predicted molar refractivity (Wildman–Crippen MR) is 96.5 cm³/mol. The number of amides is 1. The number of benzene rings is 1. The highest BCUT2D eigenvalue weighted by Gasteiger charge is 2.28. The number of hydrogen-bond donors (Lipinski definition) is 0. The molecule has 3 aromatic rings. The van der Waals surface area contributed by atoms with Crippen molar-refractivity contribution in [2.75, 3.05) is 13.1 Å². The number of carbonyl (C=O) groups is 1. The van der Waals surface area contributed by atoms with Gasteiger partial charge >= 0.3 is 0 Å². The van der Waals surface area contributed by atoms with E-state index >= 15 is 0 Å². The molecule has 1 aliphatic rings. The van der Waals surface area contributed by atoms with Gasteiger partial charge in [0.15, 0.2) is 5.82 Å². The monoisotopic (exact) mass is 371 g/mol. The van der Waals surface area contributed by atoms with E-state index in [-0.39, 0.29) is 11.7 Å². The van der Waals surface area contributed by atoms with Crippen LogP contribution in [0.15, 0.2) is 40.9 Å². The summed E-state index contributed by atoms with van der Waals surface area (Å²) in [5.74, 6) is 1.13. The quantitative estimate of drug-likeness (QED) is 0.697. The van der Waals surface area contributed by atoms with E-state index in [1.54, 1.807) is 12.1 Å². The van der Waals surface area contributed by atoms with Gasteiger partial charge in [0.1, 0.15) is 5.82 Å². The van der Waals surface area contributed by atoms with Gasteiger partial charge in [0.25, 0.3) is 11.8 Å². The maximum atomic E-state index is 13.0. The van der Waals surface area contributed by atoms with Gasteiger partial charge < -0.3 is 9.42 Å². The second-order valence-corrected chi connectivity index (χ2v) is 7.83. The highest BCUT2D eigenvalue weighted by molar-refractivity contribution is 7.13. The van der Waals surface area contributed by atoms with Crippen LogP contribution in [-0.4, -0.2) is 34.0 Å². The molecule has 1 saturated heterocycles. The van der Waals surface area contributed by atoms with Crippen molar-refractivity contribution in [3.8, 4) is 11.5 Å². The zero-order chi connectivity index (χ0) is 18.1. The molecule has 0 spiro atoms. The summed E-state index contributed by atoms with van der Waals surface area (Å²) in [4.78, 5) is 20.8. The van der Waals surface area contributed by atoms with Gasteiger partial charge in [-0.3, -0.25) is 4.79 Å². The van der Waals surface area contributed by atoms with Crippen molar-refractivity contribution >= 4 is 17.2 Å². The third kappa shape index (κ3) is 3.53. The highest BCUT2D eigenvalue weighted by atomic mass is 32.1. The number of nitrogens with zero attached hydrogens (tertiary/aromatic N) is 3. The molecule has 7 heteroatoms. The third-order valence-electron chi connectivity index (χ3n) is 4.55. The Bertz CT molecular complexity index is 919. The lowest BCUT2D eigenvalue weighted by molar-refractivity contribution is 0.0791. The molecular formula is C19H18FN3O2S. The summed E-state index contributed by atoms with van der Waals surface area (Å²) >= 11 is 1.53. The van der Waals surface area contributed by atoms with Crippen LogP contribution in [0.25, 0.3) is 11.5 Å². The fraction of sp³-hybridized carbons (Fsp3) is 0.316. The SMILES string of the molecule is Cc1ccc(C(=O)N2CCC(Cc3noc(-c4ccc(F)cc4)n3)C2)s1. The molecule has 0 bridgehead atoms. The minimum atomic E-state index is -0.301. The van der Waals surface area contributed by atoms with Crippen LogP contribution in [0.2, 0.25) is 0 Å². The van der Waals surface area contributed by atoms with E-state index in [0.717, 1.165) is 22.7 Å². The summed E-state index contributed by atoms with van der Waals surface area (Å²) in [5, 5.41) is 4.03. The molecule has 1 atom stereocenters. The number of halogens is 1. The number of carbonyl (C=O) groups excluding carboxylic acids is 1. The molecule has 5 nitrogen and oxygen atoms in total. The van der Waals surface area contributed by atoms with Crippen LogP contribution in [0.3, 0.4) is 0 Å². The molecule has 134 valence electrons. The predicted octanol–water partition coefficient (Wildman–Crippen LogP) is 3.95. The summed E-state index contributed by atoms with van der Waals surface area (Å²) < 4.78 is 18.3. The van der Waals surface area contributed by atoms with Crippen molar-refractivity contribution in [2.24, 2.45) is 5.92 Å². The van der Waals surface area contributed by atoms with Gasteiger partial charge in [-0.15, -0.1) is 11.3 Å². The number of aryl methyl sites for hydroxylation is 1. The molecule has 0 radical (unpaired) electrons. The molecule has 1 fully saturated rings. The van der Waals surface area contributed by atoms with Gasteiger partial charge in [-0.05, 0) is 55.7 Å². The highest BCUT2D eigenvalue weighted by Crippen LogP contribution is 2.25. The number of aromatic nitrogens is 2. The van der Waals surface area contributed by atoms with Gasteiger partial charge in [-0.1, -0.05) is 5.16 Å². The van der Waals surface area contributed by atoms with Crippen molar-refractivity contribution in [1.29, 1.82) is 0 Å². The second kappa shape index (κ2) is 6.99. The summed E-state index contributed by atoms with van der Waals surface area (Å²) in [6.45, 7) is 3.46. The number of rotatable bonds is 4. The third-order valence-corrected chi connectivity index (χ3v) is 5.54. The van der Waals surface area contributed by atoms with Gasteiger partial charge in [0.05, 0.1) is 4.88 Å². The van der Waals surface area contributed by atoms with E-state index in [1.807, 2.05) is 24.0 Å². The first-order valence-corrected chi connectivity index (χ1v) is 9.34. The molecule has 3 heterocycles. The molecule has 4 rings (SSSR count). The first-order chi connectivity index (χ1) is 12.6. The van der Waals surface area contributed by atoms with E-state index in [4.69, 9.17) is 4.52 Å². The topological polar surface area (TPSA) is 59.2 Å². The molecular weight excluding hydrogens is 353 g/mol. The first kappa shape index (κ1) is 16.9. The molecule has 26 heavy (non-hydrogen) atoms. The molecule has 1 aromatic carbocycles. The Morgan fingerprint density at radius 2 is 2.12 bits per heavy atom. The Morgan fingerprint density at radius 3 is 2.85 bits per heavy atom. The van der Waals surface area contributed by atoms with E-state index < -0.39 is 0 Å². The zero-order valence-corrected chi connectivity index (χ0v) is 15.1. The number of likely N-dealkylation sites (tertiary alicyclic amines) is 1. The van der Waals surface area contributed by atoms with Crippen LogP contribution in [0.4, 0.5) is 4.39 Å². The molecule has 0 saturated carbocycles. The normalized spacial score (nSPS) is 17.0. The minimum Gasteiger partial charge on any atom is -0.338 e. The Labute approximate surface area is 154 Å². The lowest BCUT2D eigenvalue weighted by atomic mass is 10.1. The maximum absolute atomic E-state index is 13.0. The molecule has 2 aromatic heterocycles. The standard InChI is InChI=1S/C19H18FN3O2S/c1-12-2-7-16(26-12)19(24)23-9-8-13(11-23)10-17-21-18(25-22-17)14-3-5-15(20)6-4-14/h2-7,13H,8-11H2,1H3. The van der Waals surface area contributed by atoms with Crippen LogP contribution in [0.1, 0.15) is 26.8 Å². The Balaban J connectivity index is 1.38. The summed E-state index contributed by atoms with van der Waals surface area (Å²) in [6, 6.07) is 9.83. The van der Waals surface area contributed by atoms with Gasteiger partial charge in [-0.25, -0.2) is 4.39 Å². The Kier molecular flexibility index (Phi) is 4.55. The molecule has 1 aliphatic heterocycles.